The van der Waals surface area contributed by atoms with Crippen LogP contribution < -0.4 is 5.32 Å². The van der Waals surface area contributed by atoms with E-state index in [0.29, 0.717) is 0 Å². The molecule has 2 rings (SSSR count). The molecule has 19 heavy (non-hydrogen) atoms. The molecule has 1 unspecified atom stereocenters. The molecule has 1 aromatic rings. The molecule has 0 aromatic heterocycles. The van der Waals surface area contributed by atoms with Gasteiger partial charge in [-0.1, -0.05) is 43.2 Å². The van der Waals surface area contributed by atoms with Gasteiger partial charge < -0.3 is 0 Å². The average molecular weight is 274 g/mol. The number of hydrogen-bond acceptors (Lipinski definition) is 3. The lowest BCUT2D eigenvalue weighted by atomic mass is 9.89. The van der Waals surface area contributed by atoms with Crippen LogP contribution in [0.15, 0.2) is 30.3 Å². The van der Waals surface area contributed by atoms with Crippen molar-refractivity contribution in [2.24, 2.45) is 0 Å². The van der Waals surface area contributed by atoms with Crippen molar-refractivity contribution in [3.63, 3.8) is 0 Å². The van der Waals surface area contributed by atoms with Crippen LogP contribution in [-0.4, -0.2) is 18.1 Å². The van der Waals surface area contributed by atoms with Crippen LogP contribution in [0.5, 0.6) is 0 Å². The summed E-state index contributed by atoms with van der Waals surface area (Å²) < 4.78 is 0. The van der Waals surface area contributed by atoms with Gasteiger partial charge in [-0.3, -0.25) is 5.32 Å². The summed E-state index contributed by atoms with van der Waals surface area (Å²) in [4.78, 5) is 0. The smallest absolute Gasteiger partial charge is 0.132 e. The Kier molecular flexibility index (Phi) is 5.30. The Morgan fingerprint density at radius 3 is 2.58 bits per heavy atom. The van der Waals surface area contributed by atoms with Crippen LogP contribution in [0.3, 0.4) is 0 Å². The van der Waals surface area contributed by atoms with Crippen LogP contribution in [0.2, 0.25) is 0 Å². The minimum absolute atomic E-state index is 0.535. The average Bonchev–Trinajstić information content (AvgIpc) is 2.98. The molecule has 0 radical (unpaired) electrons. The summed E-state index contributed by atoms with van der Waals surface area (Å²) in [6, 6.07) is 12.6. The topological polar surface area (TPSA) is 35.8 Å². The molecular weight excluding hydrogens is 252 g/mol. The molecule has 1 aliphatic carbocycles. The number of rotatable bonds is 6. The quantitative estimate of drug-likeness (QED) is 0.859. The third kappa shape index (κ3) is 3.52. The molecule has 0 spiro atoms. The monoisotopic (exact) mass is 274 g/mol. The first kappa shape index (κ1) is 14.4. The zero-order valence-corrected chi connectivity index (χ0v) is 12.4. The fourth-order valence-corrected chi connectivity index (χ4v) is 4.17. The first-order valence-corrected chi connectivity index (χ1v) is 8.13. The number of benzene rings is 1. The van der Waals surface area contributed by atoms with Crippen LogP contribution in [0.1, 0.15) is 37.7 Å². The molecule has 102 valence electrons. The van der Waals surface area contributed by atoms with Crippen molar-refractivity contribution in [3.8, 4) is 6.07 Å². The minimum Gasteiger partial charge on any atom is -0.299 e. The largest absolute Gasteiger partial charge is 0.299 e. The molecule has 1 saturated carbocycles. The number of nitrogens with zero attached hydrogens (tertiary/aromatic N) is 1. The molecule has 1 fully saturated rings. The van der Waals surface area contributed by atoms with E-state index < -0.39 is 5.54 Å². The lowest BCUT2D eigenvalue weighted by Crippen LogP contribution is -2.39. The fraction of sp³-hybridized carbons (Fsp3) is 0.562. The summed E-state index contributed by atoms with van der Waals surface area (Å²) in [6.07, 6.45) is 6.34. The standard InChI is InChI=1S/C16H22N2S/c1-18-16(13-17,14-7-3-2-4-8-14)11-12-19-15-9-5-6-10-15/h2-4,7-8,15,18H,5-6,9-12H2,1H3. The van der Waals surface area contributed by atoms with Gasteiger partial charge >= 0.3 is 0 Å². The van der Waals surface area contributed by atoms with Crippen molar-refractivity contribution in [2.75, 3.05) is 12.8 Å². The first-order chi connectivity index (χ1) is 9.30. The van der Waals surface area contributed by atoms with E-state index in [1.165, 1.54) is 25.7 Å². The Bertz CT molecular complexity index is 420. The van der Waals surface area contributed by atoms with Crippen LogP contribution in [-0.2, 0) is 5.54 Å². The predicted octanol–water partition coefficient (Wildman–Crippen LogP) is 3.69. The van der Waals surface area contributed by atoms with E-state index in [1.54, 1.807) is 0 Å². The van der Waals surface area contributed by atoms with Crippen LogP contribution >= 0.6 is 11.8 Å². The predicted molar refractivity (Wildman–Crippen MR) is 82.1 cm³/mol. The van der Waals surface area contributed by atoms with Crippen molar-refractivity contribution < 1.29 is 0 Å². The van der Waals surface area contributed by atoms with Crippen molar-refractivity contribution >= 4 is 11.8 Å². The summed E-state index contributed by atoms with van der Waals surface area (Å²) >= 11 is 2.05. The zero-order valence-electron chi connectivity index (χ0n) is 11.6. The Labute approximate surface area is 120 Å². The maximum atomic E-state index is 9.60. The summed E-state index contributed by atoms with van der Waals surface area (Å²) in [5, 5.41) is 13.7. The molecular formula is C16H22N2S. The summed E-state index contributed by atoms with van der Waals surface area (Å²) in [6.45, 7) is 0. The van der Waals surface area contributed by atoms with Gasteiger partial charge in [0.1, 0.15) is 5.54 Å². The highest BCUT2D eigenvalue weighted by molar-refractivity contribution is 7.99. The molecule has 1 aliphatic rings. The maximum absolute atomic E-state index is 9.60. The lowest BCUT2D eigenvalue weighted by Gasteiger charge is -2.27. The first-order valence-electron chi connectivity index (χ1n) is 7.08. The summed E-state index contributed by atoms with van der Waals surface area (Å²) in [5.41, 5.74) is 0.541. The number of hydrogen-bond donors (Lipinski definition) is 1. The molecule has 2 nitrogen and oxygen atoms in total. The maximum Gasteiger partial charge on any atom is 0.132 e. The third-order valence-corrected chi connectivity index (χ3v) is 5.40. The number of nitrogens with one attached hydrogen (secondary N) is 1. The van der Waals surface area contributed by atoms with Gasteiger partial charge in [0.25, 0.3) is 0 Å². The lowest BCUT2D eigenvalue weighted by molar-refractivity contribution is 0.456. The van der Waals surface area contributed by atoms with Crippen molar-refractivity contribution in [2.45, 2.75) is 42.9 Å². The van der Waals surface area contributed by atoms with Crippen LogP contribution in [0.25, 0.3) is 0 Å². The molecule has 0 heterocycles. The Morgan fingerprint density at radius 2 is 2.00 bits per heavy atom. The van der Waals surface area contributed by atoms with Crippen LogP contribution in [0.4, 0.5) is 0 Å². The second-order valence-electron chi connectivity index (χ2n) is 5.16. The fourth-order valence-electron chi connectivity index (χ4n) is 2.75. The molecule has 0 aliphatic heterocycles. The highest BCUT2D eigenvalue weighted by Crippen LogP contribution is 2.32. The van der Waals surface area contributed by atoms with Crippen molar-refractivity contribution in [1.29, 1.82) is 5.26 Å². The highest BCUT2D eigenvalue weighted by Gasteiger charge is 2.30. The van der Waals surface area contributed by atoms with Gasteiger partial charge in [0, 0.05) is 5.25 Å². The molecule has 0 bridgehead atoms. The van der Waals surface area contributed by atoms with Gasteiger partial charge in [0.05, 0.1) is 6.07 Å². The van der Waals surface area contributed by atoms with Crippen molar-refractivity contribution in [1.82, 2.24) is 5.32 Å². The van der Waals surface area contributed by atoms with Gasteiger partial charge in [0.2, 0.25) is 0 Å². The molecule has 1 aromatic carbocycles. The molecule has 1 atom stereocenters. The summed E-state index contributed by atoms with van der Waals surface area (Å²) in [5.74, 6) is 1.05. The van der Waals surface area contributed by atoms with E-state index in [2.05, 4.69) is 11.4 Å². The molecule has 0 saturated heterocycles. The van der Waals surface area contributed by atoms with E-state index in [4.69, 9.17) is 0 Å². The van der Waals surface area contributed by atoms with E-state index in [-0.39, 0.29) is 0 Å². The van der Waals surface area contributed by atoms with E-state index in [0.717, 1.165) is 23.0 Å². The minimum atomic E-state index is -0.535. The molecule has 3 heteroatoms. The highest BCUT2D eigenvalue weighted by atomic mass is 32.2. The number of thioether (sulfide) groups is 1. The third-order valence-electron chi connectivity index (χ3n) is 4.02. The Morgan fingerprint density at radius 1 is 1.32 bits per heavy atom. The summed E-state index contributed by atoms with van der Waals surface area (Å²) in [7, 11) is 1.89. The van der Waals surface area contributed by atoms with E-state index in [1.807, 2.05) is 49.1 Å². The van der Waals surface area contributed by atoms with E-state index in [9.17, 15) is 5.26 Å². The van der Waals surface area contributed by atoms with Gasteiger partial charge in [-0.2, -0.15) is 17.0 Å². The van der Waals surface area contributed by atoms with Gasteiger partial charge in [0.15, 0.2) is 0 Å². The molecule has 1 N–H and O–H groups in total. The Hall–Kier alpha value is -0.980. The second kappa shape index (κ2) is 6.98. The van der Waals surface area contributed by atoms with Gasteiger partial charge in [-0.15, -0.1) is 0 Å². The van der Waals surface area contributed by atoms with Crippen LogP contribution in [0, 0.1) is 11.3 Å². The SMILES string of the molecule is CNC(C#N)(CCSC1CCCC1)c1ccccc1. The zero-order chi connectivity index (χ0) is 13.6. The van der Waals surface area contributed by atoms with E-state index >= 15 is 0 Å². The Balaban J connectivity index is 1.97. The van der Waals surface area contributed by atoms with Gasteiger partial charge in [-0.25, -0.2) is 0 Å². The normalized spacial score (nSPS) is 18.9. The number of nitriles is 1. The second-order valence-corrected chi connectivity index (χ2v) is 6.57. The molecule has 0 amide bonds. The van der Waals surface area contributed by atoms with Gasteiger partial charge in [-0.05, 0) is 37.6 Å². The van der Waals surface area contributed by atoms with Crippen molar-refractivity contribution in [3.05, 3.63) is 35.9 Å².